The van der Waals surface area contributed by atoms with Crippen molar-refractivity contribution in [2.45, 2.75) is 13.3 Å². The summed E-state index contributed by atoms with van der Waals surface area (Å²) >= 11 is 1.50. The molecule has 0 bridgehead atoms. The quantitative estimate of drug-likeness (QED) is 0.304. The number of aryl methyl sites for hydroxylation is 1. The van der Waals surface area contributed by atoms with Gasteiger partial charge < -0.3 is 5.32 Å². The first kappa shape index (κ1) is 19.6. The molecule has 0 radical (unpaired) electrons. The van der Waals surface area contributed by atoms with E-state index in [1.807, 2.05) is 43.3 Å². The minimum Gasteiger partial charge on any atom is -0.322 e. The van der Waals surface area contributed by atoms with Crippen LogP contribution in [0.15, 0.2) is 72.8 Å². The number of thiophene rings is 1. The predicted octanol–water partition coefficient (Wildman–Crippen LogP) is 6.44. The van der Waals surface area contributed by atoms with E-state index in [2.05, 4.69) is 10.2 Å². The molecule has 1 amide bonds. The number of amides is 1. The number of anilines is 1. The van der Waals surface area contributed by atoms with Gasteiger partial charge in [-0.2, -0.15) is 0 Å². The van der Waals surface area contributed by atoms with E-state index >= 15 is 0 Å². The van der Waals surface area contributed by atoms with Crippen molar-refractivity contribution < 1.29 is 9.59 Å². The number of rotatable bonds is 5. The number of ketones is 1. The van der Waals surface area contributed by atoms with E-state index in [0.717, 1.165) is 26.1 Å². The lowest BCUT2D eigenvalue weighted by molar-refractivity contribution is 0.0992. The number of nitrogens with zero attached hydrogens (tertiary/aromatic N) is 1. The molecule has 4 nitrogen and oxygen atoms in total. The fourth-order valence-corrected chi connectivity index (χ4v) is 4.21. The van der Waals surface area contributed by atoms with Crippen LogP contribution in [0.4, 0.5) is 11.4 Å². The number of carbonyl (C=O) groups excluding carboxylic acids is 2. The Bertz CT molecular complexity index is 1260. The van der Waals surface area contributed by atoms with Gasteiger partial charge in [0.1, 0.15) is 0 Å². The van der Waals surface area contributed by atoms with Crippen LogP contribution >= 0.6 is 11.3 Å². The number of benzene rings is 3. The van der Waals surface area contributed by atoms with Gasteiger partial charge >= 0.3 is 0 Å². The summed E-state index contributed by atoms with van der Waals surface area (Å²) in [5.74, 6) is -0.201. The number of carbonyl (C=O) groups is 2. The summed E-state index contributed by atoms with van der Waals surface area (Å²) in [5, 5.41) is 3.90. The molecule has 0 aliphatic carbocycles. The standard InChI is InChI=1S/C25H18N2O2S/c1-16-7-8-18(25(29)27-21-11-9-20(26-2)10-12-21)13-19(16)14-22(28)24-15-17-5-3-4-6-23(17)30-24/h3-13,15H,14H2,1H3,(H,27,29). The third-order valence-electron chi connectivity index (χ3n) is 4.92. The van der Waals surface area contributed by atoms with Crippen LogP contribution < -0.4 is 5.32 Å². The normalized spacial score (nSPS) is 10.5. The van der Waals surface area contributed by atoms with Gasteiger partial charge in [0.25, 0.3) is 5.91 Å². The van der Waals surface area contributed by atoms with E-state index in [1.165, 1.54) is 11.3 Å². The average molecular weight is 410 g/mol. The highest BCUT2D eigenvalue weighted by atomic mass is 32.1. The Labute approximate surface area is 178 Å². The average Bonchev–Trinajstić information content (AvgIpc) is 3.20. The highest BCUT2D eigenvalue weighted by Gasteiger charge is 2.15. The number of fused-ring (bicyclic) bond motifs is 1. The topological polar surface area (TPSA) is 50.5 Å². The Morgan fingerprint density at radius 3 is 2.50 bits per heavy atom. The number of Topliss-reactive ketones (excluding diaryl/α,β-unsaturated/α-hetero) is 1. The van der Waals surface area contributed by atoms with Crippen molar-refractivity contribution >= 4 is 44.5 Å². The summed E-state index contributed by atoms with van der Waals surface area (Å²) in [6.45, 7) is 8.94. The fraction of sp³-hybridized carbons (Fsp3) is 0.0800. The maximum Gasteiger partial charge on any atom is 0.255 e. The van der Waals surface area contributed by atoms with Crippen LogP contribution in [0.5, 0.6) is 0 Å². The van der Waals surface area contributed by atoms with Gasteiger partial charge in [-0.3, -0.25) is 9.59 Å². The van der Waals surface area contributed by atoms with E-state index in [4.69, 9.17) is 6.57 Å². The van der Waals surface area contributed by atoms with Gasteiger partial charge in [-0.05, 0) is 59.8 Å². The molecule has 0 fully saturated rings. The largest absolute Gasteiger partial charge is 0.322 e. The van der Waals surface area contributed by atoms with Crippen molar-refractivity contribution in [3.63, 3.8) is 0 Å². The molecule has 5 heteroatoms. The highest BCUT2D eigenvalue weighted by molar-refractivity contribution is 7.20. The van der Waals surface area contributed by atoms with Crippen LogP contribution in [0.25, 0.3) is 14.9 Å². The second-order valence-electron chi connectivity index (χ2n) is 7.00. The summed E-state index contributed by atoms with van der Waals surface area (Å²) < 4.78 is 1.09. The molecule has 1 N–H and O–H groups in total. The maximum absolute atomic E-state index is 12.9. The minimum atomic E-state index is -0.249. The van der Waals surface area contributed by atoms with E-state index in [-0.39, 0.29) is 18.1 Å². The molecular formula is C25H18N2O2S. The van der Waals surface area contributed by atoms with Gasteiger partial charge in [-0.15, -0.1) is 11.3 Å². The monoisotopic (exact) mass is 410 g/mol. The predicted molar refractivity (Wildman–Crippen MR) is 122 cm³/mol. The molecule has 0 atom stereocenters. The Balaban J connectivity index is 1.52. The van der Waals surface area contributed by atoms with Crippen molar-refractivity contribution in [2.75, 3.05) is 5.32 Å². The van der Waals surface area contributed by atoms with Gasteiger partial charge in [-0.25, -0.2) is 4.85 Å². The summed E-state index contributed by atoms with van der Waals surface area (Å²) in [7, 11) is 0. The molecular weight excluding hydrogens is 392 g/mol. The maximum atomic E-state index is 12.9. The molecule has 0 unspecified atom stereocenters. The molecule has 3 aromatic carbocycles. The Morgan fingerprint density at radius 1 is 1.00 bits per heavy atom. The summed E-state index contributed by atoms with van der Waals surface area (Å²) in [4.78, 5) is 29.6. The zero-order chi connectivity index (χ0) is 21.1. The lowest BCUT2D eigenvalue weighted by atomic mass is 9.99. The first-order chi connectivity index (χ1) is 14.5. The molecule has 0 saturated carbocycles. The molecule has 146 valence electrons. The molecule has 4 rings (SSSR count). The Hall–Kier alpha value is -3.75. The van der Waals surface area contributed by atoms with Crippen molar-refractivity contribution in [2.24, 2.45) is 0 Å². The van der Waals surface area contributed by atoms with Gasteiger partial charge in [0.15, 0.2) is 11.5 Å². The number of nitrogens with one attached hydrogen (secondary N) is 1. The van der Waals surface area contributed by atoms with E-state index in [1.54, 1.807) is 36.4 Å². The smallest absolute Gasteiger partial charge is 0.255 e. The van der Waals surface area contributed by atoms with Crippen LogP contribution in [-0.2, 0) is 6.42 Å². The molecule has 0 aliphatic rings. The number of hydrogen-bond acceptors (Lipinski definition) is 3. The van der Waals surface area contributed by atoms with Crippen molar-refractivity contribution in [3.05, 3.63) is 106 Å². The third-order valence-corrected chi connectivity index (χ3v) is 6.07. The molecule has 4 aromatic rings. The summed E-state index contributed by atoms with van der Waals surface area (Å²) in [6.07, 6.45) is 0.249. The van der Waals surface area contributed by atoms with E-state index in [9.17, 15) is 9.59 Å². The Morgan fingerprint density at radius 2 is 1.77 bits per heavy atom. The molecule has 0 aliphatic heterocycles. The second kappa shape index (κ2) is 8.32. The first-order valence-electron chi connectivity index (χ1n) is 9.43. The minimum absolute atomic E-state index is 0.0478. The van der Waals surface area contributed by atoms with E-state index < -0.39 is 0 Å². The van der Waals surface area contributed by atoms with Crippen LogP contribution in [0.3, 0.4) is 0 Å². The van der Waals surface area contributed by atoms with Crippen molar-refractivity contribution in [3.8, 4) is 0 Å². The zero-order valence-corrected chi connectivity index (χ0v) is 17.1. The SMILES string of the molecule is [C-]#[N+]c1ccc(NC(=O)c2ccc(C)c(CC(=O)c3cc4ccccc4s3)c2)cc1. The van der Waals surface area contributed by atoms with Crippen LogP contribution in [-0.4, -0.2) is 11.7 Å². The molecule has 30 heavy (non-hydrogen) atoms. The summed E-state index contributed by atoms with van der Waals surface area (Å²) in [6, 6.07) is 22.0. The number of hydrogen-bond donors (Lipinski definition) is 1. The Kier molecular flexibility index (Phi) is 5.42. The van der Waals surface area contributed by atoms with Crippen molar-refractivity contribution in [1.29, 1.82) is 0 Å². The molecule has 1 aromatic heterocycles. The highest BCUT2D eigenvalue weighted by Crippen LogP contribution is 2.27. The first-order valence-corrected chi connectivity index (χ1v) is 10.3. The van der Waals surface area contributed by atoms with Crippen LogP contribution in [0.1, 0.15) is 31.2 Å². The van der Waals surface area contributed by atoms with Gasteiger partial charge in [0, 0.05) is 22.4 Å². The van der Waals surface area contributed by atoms with Crippen LogP contribution in [0.2, 0.25) is 0 Å². The molecule has 0 saturated heterocycles. The lowest BCUT2D eigenvalue weighted by Crippen LogP contribution is -2.13. The molecule has 0 spiro atoms. The van der Waals surface area contributed by atoms with E-state index in [0.29, 0.717) is 16.9 Å². The van der Waals surface area contributed by atoms with Gasteiger partial charge in [0.05, 0.1) is 11.4 Å². The zero-order valence-electron chi connectivity index (χ0n) is 16.3. The van der Waals surface area contributed by atoms with Crippen molar-refractivity contribution in [1.82, 2.24) is 0 Å². The second-order valence-corrected chi connectivity index (χ2v) is 8.09. The summed E-state index contributed by atoms with van der Waals surface area (Å²) in [5.41, 5.74) is 3.45. The van der Waals surface area contributed by atoms with Gasteiger partial charge in [0.2, 0.25) is 0 Å². The lowest BCUT2D eigenvalue weighted by Gasteiger charge is -2.09. The molecule has 1 heterocycles. The van der Waals surface area contributed by atoms with Gasteiger partial charge in [-0.1, -0.05) is 36.4 Å². The third kappa shape index (κ3) is 4.14. The fourth-order valence-electron chi connectivity index (χ4n) is 3.21. The van der Waals surface area contributed by atoms with Crippen LogP contribution in [0, 0.1) is 13.5 Å².